The molecule has 1 atom stereocenters. The van der Waals surface area contributed by atoms with Crippen molar-refractivity contribution in [2.24, 2.45) is 0 Å². The van der Waals surface area contributed by atoms with Crippen LogP contribution in [0.5, 0.6) is 0 Å². The van der Waals surface area contributed by atoms with Crippen molar-refractivity contribution in [1.29, 1.82) is 0 Å². The fraction of sp³-hybridized carbons (Fsp3) is 0.600. The Labute approximate surface area is 143 Å². The zero-order chi connectivity index (χ0) is 16.4. The third-order valence-corrected chi connectivity index (χ3v) is 5.21. The summed E-state index contributed by atoms with van der Waals surface area (Å²) in [6, 6.07) is 5.12. The van der Waals surface area contributed by atoms with Crippen LogP contribution >= 0.6 is 31.4 Å². The minimum atomic E-state index is -1.26. The van der Waals surface area contributed by atoms with E-state index in [2.05, 4.69) is 5.32 Å². The Kier molecular flexibility index (Phi) is 10.6. The molecule has 0 amide bonds. The van der Waals surface area contributed by atoms with E-state index >= 15 is 0 Å². The minimum Gasteiger partial charge on any atom is -0.369 e. The van der Waals surface area contributed by atoms with Crippen LogP contribution in [-0.2, 0) is 16.0 Å². The van der Waals surface area contributed by atoms with Gasteiger partial charge in [-0.05, 0) is 50.7 Å². The molecule has 0 spiro atoms. The highest BCUT2D eigenvalue weighted by molar-refractivity contribution is 7.51. The molecular weight excluding hydrogens is 344 g/mol. The van der Waals surface area contributed by atoms with Crippen LogP contribution in [0.4, 0.5) is 0 Å². The molecule has 0 aliphatic heterocycles. The lowest BCUT2D eigenvalue weighted by molar-refractivity contribution is -0.0823. The molecule has 0 heterocycles. The Morgan fingerprint density at radius 2 is 1.86 bits per heavy atom. The van der Waals surface area contributed by atoms with Gasteiger partial charge in [0.1, 0.15) is 0 Å². The molecule has 2 N–H and O–H groups in total. The molecule has 0 aliphatic carbocycles. The van der Waals surface area contributed by atoms with Gasteiger partial charge in [0, 0.05) is 19.8 Å². The van der Waals surface area contributed by atoms with Crippen molar-refractivity contribution < 1.29 is 14.4 Å². The van der Waals surface area contributed by atoms with E-state index in [1.54, 1.807) is 6.07 Å². The molecule has 0 aromatic heterocycles. The zero-order valence-corrected chi connectivity index (χ0v) is 15.4. The zero-order valence-electron chi connectivity index (χ0n) is 13.0. The second kappa shape index (κ2) is 11.6. The van der Waals surface area contributed by atoms with Crippen LogP contribution in [-0.4, -0.2) is 36.8 Å². The van der Waals surface area contributed by atoms with Crippen molar-refractivity contribution in [3.05, 3.63) is 33.8 Å². The minimum absolute atomic E-state index is 0.472. The summed E-state index contributed by atoms with van der Waals surface area (Å²) < 4.78 is 10.8. The first-order valence-electron chi connectivity index (χ1n) is 7.41. The highest BCUT2D eigenvalue weighted by Gasteiger charge is 2.19. The van der Waals surface area contributed by atoms with E-state index in [4.69, 9.17) is 32.7 Å². The molecule has 126 valence electrons. The summed E-state index contributed by atoms with van der Waals surface area (Å²) in [4.78, 5) is 10.1. The standard InChI is InChI=1S/C15H24Cl2NO3P/c1-3-20-15(21-4-2)22(19)9-5-8-18-11-12-6-7-13(16)14(17)10-12/h6-7,10,15,18-19H,3-5,8-9,11H2,1-2H3. The van der Waals surface area contributed by atoms with Crippen molar-refractivity contribution in [2.45, 2.75) is 32.8 Å². The topological polar surface area (TPSA) is 50.7 Å². The second-order valence-corrected chi connectivity index (χ2v) is 7.22. The lowest BCUT2D eigenvalue weighted by Crippen LogP contribution is -2.19. The van der Waals surface area contributed by atoms with Gasteiger partial charge < -0.3 is 19.7 Å². The van der Waals surface area contributed by atoms with Gasteiger partial charge in [-0.2, -0.15) is 0 Å². The van der Waals surface area contributed by atoms with Crippen molar-refractivity contribution in [1.82, 2.24) is 5.32 Å². The van der Waals surface area contributed by atoms with Gasteiger partial charge in [-0.3, -0.25) is 0 Å². The number of halogens is 2. The largest absolute Gasteiger partial charge is 0.369 e. The Hall–Kier alpha value is 0.0700. The highest BCUT2D eigenvalue weighted by Crippen LogP contribution is 2.38. The van der Waals surface area contributed by atoms with Crippen LogP contribution in [0, 0.1) is 0 Å². The van der Waals surface area contributed by atoms with E-state index in [-0.39, 0.29) is 0 Å². The molecule has 0 fully saturated rings. The van der Waals surface area contributed by atoms with Gasteiger partial charge in [0.25, 0.3) is 0 Å². The Morgan fingerprint density at radius 1 is 1.18 bits per heavy atom. The molecule has 1 unspecified atom stereocenters. The van der Waals surface area contributed by atoms with Gasteiger partial charge >= 0.3 is 0 Å². The quantitative estimate of drug-likeness (QED) is 0.349. The molecule has 22 heavy (non-hydrogen) atoms. The van der Waals surface area contributed by atoms with Crippen LogP contribution in [0.15, 0.2) is 18.2 Å². The molecule has 7 heteroatoms. The van der Waals surface area contributed by atoms with Crippen LogP contribution in [0.2, 0.25) is 10.0 Å². The van der Waals surface area contributed by atoms with Crippen molar-refractivity contribution >= 4 is 31.4 Å². The van der Waals surface area contributed by atoms with Crippen molar-refractivity contribution in [3.63, 3.8) is 0 Å². The third-order valence-electron chi connectivity index (χ3n) is 2.92. The maximum atomic E-state index is 10.1. The number of benzene rings is 1. The number of ether oxygens (including phenoxy) is 2. The summed E-state index contributed by atoms with van der Waals surface area (Å²) in [5.74, 6) is 0. The summed E-state index contributed by atoms with van der Waals surface area (Å²) in [5, 5.41) is 4.45. The van der Waals surface area contributed by atoms with Gasteiger partial charge in [0.2, 0.25) is 6.03 Å². The van der Waals surface area contributed by atoms with E-state index < -0.39 is 14.2 Å². The lowest BCUT2D eigenvalue weighted by atomic mass is 10.2. The number of rotatable bonds is 11. The van der Waals surface area contributed by atoms with E-state index in [0.717, 1.165) is 25.1 Å². The fourth-order valence-corrected chi connectivity index (χ4v) is 3.52. The maximum Gasteiger partial charge on any atom is 0.201 e. The number of hydrogen-bond acceptors (Lipinski definition) is 4. The Morgan fingerprint density at radius 3 is 2.45 bits per heavy atom. The first-order valence-corrected chi connectivity index (χ1v) is 9.72. The molecular formula is C15H24Cl2NO3P. The molecule has 4 nitrogen and oxygen atoms in total. The second-order valence-electron chi connectivity index (χ2n) is 4.66. The van der Waals surface area contributed by atoms with Crippen LogP contribution < -0.4 is 5.32 Å². The molecule has 0 saturated heterocycles. The summed E-state index contributed by atoms with van der Waals surface area (Å²) in [6.07, 6.45) is 1.55. The highest BCUT2D eigenvalue weighted by atomic mass is 35.5. The summed E-state index contributed by atoms with van der Waals surface area (Å²) in [7, 11) is -1.26. The van der Waals surface area contributed by atoms with Crippen molar-refractivity contribution in [3.8, 4) is 0 Å². The molecule has 0 saturated carbocycles. The number of hydrogen-bond donors (Lipinski definition) is 2. The van der Waals surface area contributed by atoms with E-state index in [0.29, 0.717) is 29.4 Å². The third kappa shape index (κ3) is 7.56. The Bertz CT molecular complexity index is 431. The average molecular weight is 368 g/mol. The predicted octanol–water partition coefficient (Wildman–Crippen LogP) is 4.22. The Balaban J connectivity index is 2.22. The molecule has 1 rings (SSSR count). The predicted molar refractivity (Wildman–Crippen MR) is 93.8 cm³/mol. The van der Waals surface area contributed by atoms with E-state index in [1.165, 1.54) is 0 Å². The van der Waals surface area contributed by atoms with Gasteiger partial charge in [-0.15, -0.1) is 0 Å². The van der Waals surface area contributed by atoms with Crippen molar-refractivity contribution in [2.75, 3.05) is 25.9 Å². The number of nitrogens with one attached hydrogen (secondary N) is 1. The van der Waals surface area contributed by atoms with Gasteiger partial charge in [0.15, 0.2) is 0 Å². The lowest BCUT2D eigenvalue weighted by Gasteiger charge is -2.22. The summed E-state index contributed by atoms with van der Waals surface area (Å²) >= 11 is 11.9. The monoisotopic (exact) mass is 367 g/mol. The maximum absolute atomic E-state index is 10.1. The van der Waals surface area contributed by atoms with Crippen LogP contribution in [0.25, 0.3) is 0 Å². The molecule has 0 radical (unpaired) electrons. The molecule has 0 bridgehead atoms. The smallest absolute Gasteiger partial charge is 0.201 e. The average Bonchev–Trinajstić information content (AvgIpc) is 2.50. The summed E-state index contributed by atoms with van der Waals surface area (Å²) in [6.45, 7) is 6.41. The first-order chi connectivity index (χ1) is 10.6. The molecule has 1 aromatic rings. The van der Waals surface area contributed by atoms with Gasteiger partial charge in [-0.1, -0.05) is 29.3 Å². The van der Waals surface area contributed by atoms with Gasteiger partial charge in [-0.25, -0.2) is 0 Å². The SMILES string of the molecule is CCOC(OCC)P(O)CCCNCc1ccc(Cl)c(Cl)c1. The van der Waals surface area contributed by atoms with E-state index in [9.17, 15) is 4.89 Å². The molecule has 1 aromatic carbocycles. The summed E-state index contributed by atoms with van der Waals surface area (Å²) in [5.41, 5.74) is 1.09. The normalized spacial score (nSPS) is 12.8. The van der Waals surface area contributed by atoms with Crippen LogP contribution in [0.3, 0.4) is 0 Å². The van der Waals surface area contributed by atoms with E-state index in [1.807, 2.05) is 26.0 Å². The van der Waals surface area contributed by atoms with Crippen LogP contribution in [0.1, 0.15) is 25.8 Å². The first kappa shape index (κ1) is 20.1. The van der Waals surface area contributed by atoms with Gasteiger partial charge in [0.05, 0.1) is 18.2 Å². The fourth-order valence-electron chi connectivity index (χ4n) is 1.86. The molecule has 0 aliphatic rings.